The summed E-state index contributed by atoms with van der Waals surface area (Å²) >= 11 is 0. The first-order valence-corrected chi connectivity index (χ1v) is 9.35. The van der Waals surface area contributed by atoms with E-state index in [0.717, 1.165) is 24.3 Å². The van der Waals surface area contributed by atoms with Crippen molar-refractivity contribution in [2.45, 2.75) is 26.7 Å². The lowest BCUT2D eigenvalue weighted by molar-refractivity contribution is -0.135. The normalized spacial score (nSPS) is 11.4. The summed E-state index contributed by atoms with van der Waals surface area (Å²) in [6, 6.07) is 12.7. The molecule has 2 aromatic heterocycles. The van der Waals surface area contributed by atoms with E-state index in [1.54, 1.807) is 30.5 Å². The number of benzene rings is 1. The molecule has 30 heavy (non-hydrogen) atoms. The molecule has 1 aromatic carbocycles. The molecule has 0 saturated heterocycles. The lowest BCUT2D eigenvalue weighted by Gasteiger charge is -2.16. The van der Waals surface area contributed by atoms with Crippen LogP contribution in [0.1, 0.15) is 36.5 Å². The van der Waals surface area contributed by atoms with Crippen molar-refractivity contribution in [3.63, 3.8) is 0 Å². The molecule has 0 atom stereocenters. The number of methoxy groups -OCH3 is 1. The average Bonchev–Trinajstić information content (AvgIpc) is 2.73. The number of aryl methyl sites for hydroxylation is 1. The fourth-order valence-electron chi connectivity index (χ4n) is 2.99. The lowest BCUT2D eigenvalue weighted by atomic mass is 10.0. The second-order valence-corrected chi connectivity index (χ2v) is 7.02. The Kier molecular flexibility index (Phi) is 5.98. The number of hydrogen-bond acceptors (Lipinski definition) is 6. The van der Waals surface area contributed by atoms with Gasteiger partial charge in [-0.3, -0.25) is 9.20 Å². The van der Waals surface area contributed by atoms with Gasteiger partial charge in [0, 0.05) is 6.20 Å². The number of fused-ring (bicyclic) bond motifs is 1. The van der Waals surface area contributed by atoms with Gasteiger partial charge < -0.3 is 9.47 Å². The predicted molar refractivity (Wildman–Crippen MR) is 112 cm³/mol. The molecule has 0 radical (unpaired) electrons. The third kappa shape index (κ3) is 4.08. The molecule has 0 unspecified atom stereocenters. The summed E-state index contributed by atoms with van der Waals surface area (Å²) in [5.41, 5.74) is 1.49. The number of aromatic nitrogens is 2. The zero-order valence-electron chi connectivity index (χ0n) is 17.2. The van der Waals surface area contributed by atoms with E-state index in [1.807, 2.05) is 39.0 Å². The highest BCUT2D eigenvalue weighted by Crippen LogP contribution is 2.32. The maximum absolute atomic E-state index is 13.1. The fraction of sp³-hybridized carbons (Fsp3) is 0.217. The highest BCUT2D eigenvalue weighted by Gasteiger charge is 2.19. The summed E-state index contributed by atoms with van der Waals surface area (Å²) in [5.74, 6) is -0.107. The summed E-state index contributed by atoms with van der Waals surface area (Å²) in [4.78, 5) is 29.5. The van der Waals surface area contributed by atoms with E-state index in [4.69, 9.17) is 4.74 Å². The van der Waals surface area contributed by atoms with Crippen LogP contribution in [-0.2, 0) is 9.53 Å². The molecule has 0 spiro atoms. The van der Waals surface area contributed by atoms with Gasteiger partial charge in [-0.05, 0) is 48.2 Å². The molecule has 3 aromatic rings. The molecule has 3 rings (SSSR count). The van der Waals surface area contributed by atoms with Gasteiger partial charge in [0.15, 0.2) is 0 Å². The lowest BCUT2D eigenvalue weighted by Crippen LogP contribution is -2.19. The van der Waals surface area contributed by atoms with Gasteiger partial charge in [-0.1, -0.05) is 32.0 Å². The molecule has 0 aliphatic carbocycles. The van der Waals surface area contributed by atoms with Crippen LogP contribution in [0.5, 0.6) is 11.6 Å². The second-order valence-electron chi connectivity index (χ2n) is 7.02. The van der Waals surface area contributed by atoms with Gasteiger partial charge in [0.05, 0.1) is 7.11 Å². The quantitative estimate of drug-likeness (QED) is 0.363. The topological polar surface area (TPSA) is 93.7 Å². The number of ether oxygens (including phenoxy) is 2. The molecule has 0 amide bonds. The first kappa shape index (κ1) is 20.8. The highest BCUT2D eigenvalue weighted by atomic mass is 16.5. The number of esters is 1. The number of carbonyl (C=O) groups excluding carboxylic acids is 1. The maximum atomic E-state index is 13.1. The summed E-state index contributed by atoms with van der Waals surface area (Å²) < 4.78 is 12.1. The third-order valence-electron chi connectivity index (χ3n) is 4.55. The van der Waals surface area contributed by atoms with Crippen molar-refractivity contribution in [3.05, 3.63) is 75.2 Å². The van der Waals surface area contributed by atoms with Crippen LogP contribution in [0, 0.1) is 18.3 Å². The molecule has 0 aliphatic rings. The highest BCUT2D eigenvalue weighted by molar-refractivity contribution is 5.98. The van der Waals surface area contributed by atoms with Crippen LogP contribution in [0.4, 0.5) is 0 Å². The van der Waals surface area contributed by atoms with Gasteiger partial charge in [-0.25, -0.2) is 4.79 Å². The van der Waals surface area contributed by atoms with Gasteiger partial charge in [-0.2, -0.15) is 10.2 Å². The molecule has 7 heteroatoms. The van der Waals surface area contributed by atoms with Gasteiger partial charge in [0.2, 0.25) is 5.88 Å². The van der Waals surface area contributed by atoms with Crippen molar-refractivity contribution in [3.8, 4) is 17.7 Å². The Morgan fingerprint density at radius 2 is 2.03 bits per heavy atom. The minimum absolute atomic E-state index is 0.00959. The van der Waals surface area contributed by atoms with Crippen molar-refractivity contribution in [1.29, 1.82) is 5.26 Å². The van der Waals surface area contributed by atoms with Gasteiger partial charge in [-0.15, -0.1) is 0 Å². The Bertz CT molecular complexity index is 1250. The Labute approximate surface area is 173 Å². The van der Waals surface area contributed by atoms with Crippen molar-refractivity contribution in [1.82, 2.24) is 9.38 Å². The molecular formula is C23H21N3O4. The van der Waals surface area contributed by atoms with E-state index < -0.39 is 11.5 Å². The Morgan fingerprint density at radius 3 is 2.70 bits per heavy atom. The SMILES string of the molecule is COC(=O)C(C#N)=Cc1c(Oc2cc(C)ccc2C(C)C)nc2ccccn2c1=O. The van der Waals surface area contributed by atoms with Crippen LogP contribution in [-0.4, -0.2) is 22.5 Å². The molecule has 0 bridgehead atoms. The zero-order chi connectivity index (χ0) is 21.8. The van der Waals surface area contributed by atoms with Crippen LogP contribution >= 0.6 is 0 Å². The van der Waals surface area contributed by atoms with Crippen LogP contribution in [0.25, 0.3) is 11.7 Å². The predicted octanol–water partition coefficient (Wildman–Crippen LogP) is 4.00. The average molecular weight is 403 g/mol. The number of pyridine rings is 1. The fourth-order valence-corrected chi connectivity index (χ4v) is 2.99. The largest absolute Gasteiger partial charge is 0.465 e. The minimum atomic E-state index is -0.848. The van der Waals surface area contributed by atoms with Crippen molar-refractivity contribution >= 4 is 17.7 Å². The van der Waals surface area contributed by atoms with E-state index >= 15 is 0 Å². The summed E-state index contributed by atoms with van der Waals surface area (Å²) in [5, 5.41) is 9.34. The molecule has 0 saturated carbocycles. The van der Waals surface area contributed by atoms with Crippen LogP contribution in [0.15, 0.2) is 53.0 Å². The Balaban J connectivity index is 2.28. The first-order valence-electron chi connectivity index (χ1n) is 9.35. The number of rotatable bonds is 5. The minimum Gasteiger partial charge on any atom is -0.465 e. The molecular weight excluding hydrogens is 382 g/mol. The molecule has 0 aliphatic heterocycles. The standard InChI is InChI=1S/C23H21N3O4/c1-14(2)17-9-8-15(3)11-19(17)30-21-18(12-16(13-24)23(28)29-4)22(27)26-10-6-5-7-20(26)25-21/h5-12,14H,1-4H3. The summed E-state index contributed by atoms with van der Waals surface area (Å²) in [6.07, 6.45) is 2.71. The molecule has 0 fully saturated rings. The van der Waals surface area contributed by atoms with Crippen molar-refractivity contribution < 1.29 is 14.3 Å². The van der Waals surface area contributed by atoms with Crippen LogP contribution in [0.2, 0.25) is 0 Å². The number of nitriles is 1. The van der Waals surface area contributed by atoms with E-state index in [2.05, 4.69) is 9.72 Å². The number of carbonyl (C=O) groups is 1. The van der Waals surface area contributed by atoms with Crippen molar-refractivity contribution in [2.24, 2.45) is 0 Å². The van der Waals surface area contributed by atoms with Crippen LogP contribution in [0.3, 0.4) is 0 Å². The molecule has 7 nitrogen and oxygen atoms in total. The molecule has 152 valence electrons. The summed E-state index contributed by atoms with van der Waals surface area (Å²) in [7, 11) is 1.16. The zero-order valence-corrected chi connectivity index (χ0v) is 17.2. The van der Waals surface area contributed by atoms with E-state index in [9.17, 15) is 14.9 Å². The van der Waals surface area contributed by atoms with Crippen LogP contribution < -0.4 is 10.3 Å². The number of hydrogen-bond donors (Lipinski definition) is 0. The van der Waals surface area contributed by atoms with Gasteiger partial charge in [0.25, 0.3) is 5.56 Å². The van der Waals surface area contributed by atoms with E-state index in [-0.39, 0.29) is 22.9 Å². The second kappa shape index (κ2) is 8.62. The van der Waals surface area contributed by atoms with Gasteiger partial charge in [0.1, 0.15) is 28.6 Å². The monoisotopic (exact) mass is 403 g/mol. The van der Waals surface area contributed by atoms with Crippen molar-refractivity contribution in [2.75, 3.05) is 7.11 Å². The molecule has 0 N–H and O–H groups in total. The Morgan fingerprint density at radius 1 is 1.27 bits per heavy atom. The summed E-state index contributed by atoms with van der Waals surface area (Å²) in [6.45, 7) is 6.00. The number of nitrogens with zero attached hydrogens (tertiary/aromatic N) is 3. The van der Waals surface area contributed by atoms with E-state index in [1.165, 1.54) is 4.40 Å². The molecule has 2 heterocycles. The smallest absolute Gasteiger partial charge is 0.348 e. The third-order valence-corrected chi connectivity index (χ3v) is 4.55. The Hall–Kier alpha value is -3.92. The first-order chi connectivity index (χ1) is 14.3. The van der Waals surface area contributed by atoms with Gasteiger partial charge >= 0.3 is 5.97 Å². The van der Waals surface area contributed by atoms with E-state index in [0.29, 0.717) is 11.4 Å². The maximum Gasteiger partial charge on any atom is 0.348 e.